The lowest BCUT2D eigenvalue weighted by atomic mass is 10.2. The molecule has 0 radical (unpaired) electrons. The second kappa shape index (κ2) is 9.57. The molecule has 2 amide bonds. The van der Waals surface area contributed by atoms with Crippen molar-refractivity contribution in [3.05, 3.63) is 47.9 Å². The summed E-state index contributed by atoms with van der Waals surface area (Å²) in [6, 6.07) is 6.15. The van der Waals surface area contributed by atoms with E-state index in [1.54, 1.807) is 41.5 Å². The zero-order valence-electron chi connectivity index (χ0n) is 15.6. The van der Waals surface area contributed by atoms with Crippen molar-refractivity contribution < 1.29 is 19.5 Å². The smallest absolute Gasteiger partial charge is 0.326 e. The Hall–Kier alpha value is -2.85. The van der Waals surface area contributed by atoms with Crippen LogP contribution in [0.2, 0.25) is 0 Å². The van der Waals surface area contributed by atoms with E-state index in [0.717, 1.165) is 10.1 Å². The van der Waals surface area contributed by atoms with Gasteiger partial charge in [-0.2, -0.15) is 11.8 Å². The average molecular weight is 433 g/mol. The third-order valence-electron chi connectivity index (χ3n) is 4.16. The normalized spacial score (nSPS) is 11.9. The number of carboxylic acid groups (broad SMARTS) is 1. The number of carbonyl (C=O) groups is 3. The Kier molecular flexibility index (Phi) is 6.89. The molecule has 29 heavy (non-hydrogen) atoms. The van der Waals surface area contributed by atoms with Crippen molar-refractivity contribution in [1.29, 1.82) is 0 Å². The molecule has 10 heteroatoms. The molecule has 2 heterocycles. The molecule has 3 rings (SSSR count). The minimum Gasteiger partial charge on any atom is -0.480 e. The monoisotopic (exact) mass is 432 g/mol. The number of rotatable bonds is 9. The summed E-state index contributed by atoms with van der Waals surface area (Å²) in [5.74, 6) is -1.07. The Bertz CT molecular complexity index is 1020. The first-order chi connectivity index (χ1) is 14.0. The van der Waals surface area contributed by atoms with Gasteiger partial charge in [-0.05, 0) is 36.6 Å². The van der Waals surface area contributed by atoms with Crippen molar-refractivity contribution in [3.63, 3.8) is 0 Å². The Morgan fingerprint density at radius 1 is 1.34 bits per heavy atom. The van der Waals surface area contributed by atoms with Crippen LogP contribution in [-0.4, -0.2) is 50.5 Å². The van der Waals surface area contributed by atoms with E-state index >= 15 is 0 Å². The number of hydrogen-bond acceptors (Lipinski definition) is 6. The predicted molar refractivity (Wildman–Crippen MR) is 115 cm³/mol. The van der Waals surface area contributed by atoms with Gasteiger partial charge in [0, 0.05) is 28.2 Å². The van der Waals surface area contributed by atoms with Crippen LogP contribution in [0.15, 0.2) is 43.0 Å². The fourth-order valence-electron chi connectivity index (χ4n) is 2.74. The first-order valence-electron chi connectivity index (χ1n) is 8.78. The summed E-state index contributed by atoms with van der Waals surface area (Å²) in [5.41, 5.74) is 0.597. The molecule has 0 aliphatic carbocycles. The molecule has 0 unspecified atom stereocenters. The molecule has 0 bridgehead atoms. The molecule has 8 nitrogen and oxygen atoms in total. The van der Waals surface area contributed by atoms with Crippen LogP contribution in [-0.2, 0) is 16.1 Å². The van der Waals surface area contributed by atoms with Gasteiger partial charge in [0.15, 0.2) is 0 Å². The van der Waals surface area contributed by atoms with E-state index in [9.17, 15) is 19.5 Å². The number of benzene rings is 1. The van der Waals surface area contributed by atoms with Gasteiger partial charge < -0.3 is 20.3 Å². The van der Waals surface area contributed by atoms with Gasteiger partial charge in [-0.15, -0.1) is 11.3 Å². The average Bonchev–Trinajstić information content (AvgIpc) is 3.34. The van der Waals surface area contributed by atoms with Crippen LogP contribution in [0, 0.1) is 0 Å². The van der Waals surface area contributed by atoms with Crippen LogP contribution < -0.4 is 10.6 Å². The highest BCUT2D eigenvalue weighted by Crippen LogP contribution is 2.31. The molecular formula is C19H20N4O4S2. The number of imidazole rings is 1. The number of aliphatic carboxylic acids is 1. The number of hydrogen-bond donors (Lipinski definition) is 3. The fraction of sp³-hybridized carbons (Fsp3) is 0.263. The van der Waals surface area contributed by atoms with E-state index in [0.29, 0.717) is 22.7 Å². The predicted octanol–water partition coefficient (Wildman–Crippen LogP) is 2.67. The molecule has 152 valence electrons. The lowest BCUT2D eigenvalue weighted by Gasteiger charge is -2.12. The Labute approximate surface area is 175 Å². The quantitative estimate of drug-likeness (QED) is 0.479. The number of fused-ring (bicyclic) bond motifs is 1. The molecule has 0 saturated heterocycles. The molecule has 0 aliphatic rings. The van der Waals surface area contributed by atoms with Crippen molar-refractivity contribution in [2.45, 2.75) is 19.0 Å². The SMILES string of the molecule is CSCC[C@H](NC(=O)c1cc2c(NC(=O)Cn3ccnc3)cccc2s1)C(=O)O. The van der Waals surface area contributed by atoms with Crippen LogP contribution in [0.4, 0.5) is 5.69 Å². The highest BCUT2D eigenvalue weighted by Gasteiger charge is 2.22. The van der Waals surface area contributed by atoms with E-state index in [4.69, 9.17) is 0 Å². The van der Waals surface area contributed by atoms with Crippen LogP contribution in [0.3, 0.4) is 0 Å². The number of thiophene rings is 1. The molecular weight excluding hydrogens is 412 g/mol. The molecule has 2 aromatic heterocycles. The van der Waals surface area contributed by atoms with E-state index in [-0.39, 0.29) is 12.5 Å². The number of amides is 2. The van der Waals surface area contributed by atoms with Gasteiger partial charge in [-0.3, -0.25) is 9.59 Å². The van der Waals surface area contributed by atoms with Crippen LogP contribution in [0.1, 0.15) is 16.1 Å². The summed E-state index contributed by atoms with van der Waals surface area (Å²) in [6.07, 6.45) is 7.09. The molecule has 0 fully saturated rings. The van der Waals surface area contributed by atoms with E-state index in [1.807, 2.05) is 12.3 Å². The number of carbonyl (C=O) groups excluding carboxylic acids is 2. The summed E-state index contributed by atoms with van der Waals surface area (Å²) in [6.45, 7) is 0.129. The summed E-state index contributed by atoms with van der Waals surface area (Å²) in [5, 5.41) is 15.5. The molecule has 1 atom stereocenters. The number of anilines is 1. The van der Waals surface area contributed by atoms with Gasteiger partial charge in [-0.25, -0.2) is 9.78 Å². The van der Waals surface area contributed by atoms with Crippen molar-refractivity contribution in [1.82, 2.24) is 14.9 Å². The van der Waals surface area contributed by atoms with Crippen molar-refractivity contribution >= 4 is 56.7 Å². The highest BCUT2D eigenvalue weighted by molar-refractivity contribution is 7.98. The summed E-state index contributed by atoms with van der Waals surface area (Å²) in [7, 11) is 0. The number of nitrogens with one attached hydrogen (secondary N) is 2. The second-order valence-electron chi connectivity index (χ2n) is 6.26. The second-order valence-corrected chi connectivity index (χ2v) is 8.33. The largest absolute Gasteiger partial charge is 0.480 e. The standard InChI is InChI=1S/C19H20N4O4S2/c1-28-8-5-14(19(26)27)22-18(25)16-9-12-13(3-2-4-15(12)29-16)21-17(24)10-23-7-6-20-11-23/h2-4,6-7,9,11,14H,5,8,10H2,1H3,(H,21,24)(H,22,25)(H,26,27)/t14-/m0/s1. The van der Waals surface area contributed by atoms with Crippen LogP contribution >= 0.6 is 23.1 Å². The maximum Gasteiger partial charge on any atom is 0.326 e. The van der Waals surface area contributed by atoms with E-state index in [1.165, 1.54) is 23.1 Å². The van der Waals surface area contributed by atoms with Gasteiger partial charge in [-0.1, -0.05) is 6.07 Å². The van der Waals surface area contributed by atoms with E-state index < -0.39 is 17.9 Å². The fourth-order valence-corrected chi connectivity index (χ4v) is 4.20. The molecule has 0 spiro atoms. The number of nitrogens with zero attached hydrogens (tertiary/aromatic N) is 2. The zero-order valence-corrected chi connectivity index (χ0v) is 17.3. The van der Waals surface area contributed by atoms with Gasteiger partial charge in [0.25, 0.3) is 5.91 Å². The number of thioether (sulfide) groups is 1. The van der Waals surface area contributed by atoms with Gasteiger partial charge >= 0.3 is 5.97 Å². The van der Waals surface area contributed by atoms with Crippen molar-refractivity contribution in [3.8, 4) is 0 Å². The lowest BCUT2D eigenvalue weighted by molar-refractivity contribution is -0.139. The Morgan fingerprint density at radius 3 is 2.86 bits per heavy atom. The number of aromatic nitrogens is 2. The highest BCUT2D eigenvalue weighted by atomic mass is 32.2. The summed E-state index contributed by atoms with van der Waals surface area (Å²) < 4.78 is 2.48. The molecule has 3 aromatic rings. The Morgan fingerprint density at radius 2 is 2.17 bits per heavy atom. The van der Waals surface area contributed by atoms with Crippen LogP contribution in [0.5, 0.6) is 0 Å². The molecule has 3 N–H and O–H groups in total. The van der Waals surface area contributed by atoms with Gasteiger partial charge in [0.05, 0.1) is 11.2 Å². The maximum atomic E-state index is 12.6. The minimum atomic E-state index is -1.05. The van der Waals surface area contributed by atoms with Gasteiger partial charge in [0.2, 0.25) is 5.91 Å². The van der Waals surface area contributed by atoms with Crippen molar-refractivity contribution in [2.24, 2.45) is 0 Å². The third-order valence-corrected chi connectivity index (χ3v) is 5.90. The number of carboxylic acids is 1. The lowest BCUT2D eigenvalue weighted by Crippen LogP contribution is -2.40. The molecule has 0 saturated carbocycles. The van der Waals surface area contributed by atoms with Crippen molar-refractivity contribution in [2.75, 3.05) is 17.3 Å². The summed E-state index contributed by atoms with van der Waals surface area (Å²) >= 11 is 2.78. The van der Waals surface area contributed by atoms with E-state index in [2.05, 4.69) is 15.6 Å². The molecule has 0 aliphatic heterocycles. The minimum absolute atomic E-state index is 0.129. The molecule has 1 aromatic carbocycles. The van der Waals surface area contributed by atoms with Crippen LogP contribution in [0.25, 0.3) is 10.1 Å². The topological polar surface area (TPSA) is 113 Å². The third kappa shape index (κ3) is 5.36. The maximum absolute atomic E-state index is 12.6. The Balaban J connectivity index is 1.75. The summed E-state index contributed by atoms with van der Waals surface area (Å²) in [4.78, 5) is 40.5. The zero-order chi connectivity index (χ0) is 20.8. The van der Waals surface area contributed by atoms with Gasteiger partial charge in [0.1, 0.15) is 12.6 Å². The first kappa shape index (κ1) is 20.9. The first-order valence-corrected chi connectivity index (χ1v) is 11.0.